The van der Waals surface area contributed by atoms with Crippen molar-refractivity contribution in [3.63, 3.8) is 0 Å². The van der Waals surface area contributed by atoms with Crippen LogP contribution in [0.2, 0.25) is 0 Å². The third kappa shape index (κ3) is 3.34. The Balaban J connectivity index is 1.73. The first kappa shape index (κ1) is 16.7. The highest BCUT2D eigenvalue weighted by Crippen LogP contribution is 2.37. The van der Waals surface area contributed by atoms with E-state index >= 15 is 0 Å². The zero-order chi connectivity index (χ0) is 17.0. The van der Waals surface area contributed by atoms with Gasteiger partial charge in [0.25, 0.3) is 0 Å². The average molecular weight is 339 g/mol. The van der Waals surface area contributed by atoms with E-state index in [0.29, 0.717) is 18.0 Å². The predicted octanol–water partition coefficient (Wildman–Crippen LogP) is 4.79. The smallest absolute Gasteiger partial charge is 0.246 e. The molecular formula is C19H21N3OS. The van der Waals surface area contributed by atoms with Crippen molar-refractivity contribution in [2.24, 2.45) is 5.41 Å². The van der Waals surface area contributed by atoms with E-state index in [0.717, 1.165) is 36.9 Å². The molecule has 0 saturated heterocycles. The molecule has 1 fully saturated rings. The Morgan fingerprint density at radius 2 is 2.00 bits per heavy atom. The molecule has 0 atom stereocenters. The number of hydrogen-bond donors (Lipinski definition) is 1. The van der Waals surface area contributed by atoms with Crippen LogP contribution >= 0.6 is 11.3 Å². The van der Waals surface area contributed by atoms with Crippen LogP contribution in [-0.2, 0) is 11.2 Å². The molecule has 1 N–H and O–H groups in total. The molecule has 0 unspecified atom stereocenters. The fourth-order valence-corrected chi connectivity index (χ4v) is 3.85. The molecule has 1 saturated carbocycles. The number of nitrogens with one attached hydrogen (secondary N) is 1. The highest BCUT2D eigenvalue weighted by Gasteiger charge is 2.40. The molecule has 1 aromatic carbocycles. The van der Waals surface area contributed by atoms with E-state index in [1.54, 1.807) is 0 Å². The van der Waals surface area contributed by atoms with Crippen LogP contribution in [0.1, 0.15) is 44.6 Å². The summed E-state index contributed by atoms with van der Waals surface area (Å²) in [7, 11) is 0. The molecule has 0 spiro atoms. The maximum atomic E-state index is 12.6. The van der Waals surface area contributed by atoms with Gasteiger partial charge in [-0.15, -0.1) is 11.3 Å². The lowest BCUT2D eigenvalue weighted by molar-refractivity contribution is -0.124. The van der Waals surface area contributed by atoms with Gasteiger partial charge in [0.15, 0.2) is 5.13 Å². The van der Waals surface area contributed by atoms with Gasteiger partial charge in [0.05, 0.1) is 11.8 Å². The highest BCUT2D eigenvalue weighted by molar-refractivity contribution is 7.14. The molecule has 4 nitrogen and oxygen atoms in total. The van der Waals surface area contributed by atoms with Gasteiger partial charge in [0.1, 0.15) is 5.41 Å². The molecule has 3 rings (SSSR count). The number of aryl methyl sites for hydroxylation is 1. The molecule has 1 amide bonds. The first-order chi connectivity index (χ1) is 11.7. The molecule has 1 aromatic heterocycles. The van der Waals surface area contributed by atoms with Gasteiger partial charge >= 0.3 is 0 Å². The Hall–Kier alpha value is -2.19. The van der Waals surface area contributed by atoms with E-state index in [-0.39, 0.29) is 5.91 Å². The number of carbonyl (C=O) groups excluding carboxylic acids is 1. The third-order valence-corrected chi connectivity index (χ3v) is 5.50. The van der Waals surface area contributed by atoms with Crippen LogP contribution in [0, 0.1) is 16.7 Å². The maximum Gasteiger partial charge on any atom is 0.246 e. The lowest BCUT2D eigenvalue weighted by Gasteiger charge is -2.28. The summed E-state index contributed by atoms with van der Waals surface area (Å²) >= 11 is 1.40. The molecule has 24 heavy (non-hydrogen) atoms. The predicted molar refractivity (Wildman–Crippen MR) is 96.7 cm³/mol. The van der Waals surface area contributed by atoms with Gasteiger partial charge < -0.3 is 5.32 Å². The van der Waals surface area contributed by atoms with E-state index < -0.39 is 5.41 Å². The lowest BCUT2D eigenvalue weighted by atomic mass is 9.74. The summed E-state index contributed by atoms with van der Waals surface area (Å²) in [4.78, 5) is 17.1. The van der Waals surface area contributed by atoms with Crippen LogP contribution in [0.3, 0.4) is 0 Å². The second-order valence-corrected chi connectivity index (χ2v) is 7.16. The van der Waals surface area contributed by atoms with Crippen molar-refractivity contribution in [2.45, 2.75) is 45.4 Å². The maximum absolute atomic E-state index is 12.6. The van der Waals surface area contributed by atoms with E-state index in [9.17, 15) is 10.1 Å². The Morgan fingerprint density at radius 1 is 1.29 bits per heavy atom. The fourth-order valence-electron chi connectivity index (χ4n) is 3.14. The van der Waals surface area contributed by atoms with Crippen LogP contribution in [0.15, 0.2) is 29.6 Å². The van der Waals surface area contributed by atoms with Gasteiger partial charge in [-0.2, -0.15) is 5.26 Å². The number of amides is 1. The average Bonchev–Trinajstić information content (AvgIpc) is 3.10. The van der Waals surface area contributed by atoms with Crippen LogP contribution in [0.25, 0.3) is 11.3 Å². The fraction of sp³-hybridized carbons (Fsp3) is 0.421. The molecule has 1 aliphatic rings. The van der Waals surface area contributed by atoms with E-state index in [1.165, 1.54) is 16.9 Å². The first-order valence-corrected chi connectivity index (χ1v) is 9.32. The second kappa shape index (κ2) is 7.14. The number of benzene rings is 1. The second-order valence-electron chi connectivity index (χ2n) is 6.30. The number of thiazole rings is 1. The van der Waals surface area contributed by atoms with Gasteiger partial charge in [0, 0.05) is 10.9 Å². The van der Waals surface area contributed by atoms with Crippen LogP contribution < -0.4 is 5.32 Å². The van der Waals surface area contributed by atoms with Gasteiger partial charge in [-0.3, -0.25) is 4.79 Å². The van der Waals surface area contributed by atoms with Crippen molar-refractivity contribution < 1.29 is 4.79 Å². The number of nitrogens with zero attached hydrogens (tertiary/aromatic N) is 2. The van der Waals surface area contributed by atoms with E-state index in [4.69, 9.17) is 0 Å². The van der Waals surface area contributed by atoms with Gasteiger partial charge in [-0.25, -0.2) is 4.98 Å². The summed E-state index contributed by atoms with van der Waals surface area (Å²) in [5, 5.41) is 14.9. The largest absolute Gasteiger partial charge is 0.301 e. The molecule has 1 aliphatic carbocycles. The molecule has 0 radical (unpaired) electrons. The Morgan fingerprint density at radius 3 is 2.62 bits per heavy atom. The Labute approximate surface area is 146 Å². The highest BCUT2D eigenvalue weighted by atomic mass is 32.1. The third-order valence-electron chi connectivity index (χ3n) is 4.74. The van der Waals surface area contributed by atoms with Crippen molar-refractivity contribution >= 4 is 22.4 Å². The Kier molecular flexibility index (Phi) is 4.96. The van der Waals surface area contributed by atoms with E-state index in [2.05, 4.69) is 47.6 Å². The summed E-state index contributed by atoms with van der Waals surface area (Å²) < 4.78 is 0. The lowest BCUT2D eigenvalue weighted by Crippen LogP contribution is -2.36. The van der Waals surface area contributed by atoms with Crippen LogP contribution in [0.4, 0.5) is 5.13 Å². The number of aromatic nitrogens is 1. The Bertz CT molecular complexity index is 752. The molecule has 0 aliphatic heterocycles. The van der Waals surface area contributed by atoms with Gasteiger partial charge in [0.2, 0.25) is 5.91 Å². The quantitative estimate of drug-likeness (QED) is 0.871. The molecule has 2 aromatic rings. The minimum absolute atomic E-state index is 0.202. The molecule has 124 valence electrons. The first-order valence-electron chi connectivity index (χ1n) is 8.44. The minimum Gasteiger partial charge on any atom is -0.301 e. The van der Waals surface area contributed by atoms with E-state index in [1.807, 2.05) is 5.38 Å². The summed E-state index contributed by atoms with van der Waals surface area (Å²) in [6.45, 7) is 2.13. The minimum atomic E-state index is -0.882. The number of hydrogen-bond acceptors (Lipinski definition) is 4. The van der Waals surface area contributed by atoms with Crippen molar-refractivity contribution in [3.05, 3.63) is 35.2 Å². The summed E-state index contributed by atoms with van der Waals surface area (Å²) in [5.74, 6) is -0.202. The standard InChI is InChI=1S/C19H21N3OS/c1-2-14-6-8-15(9-7-14)16-12-24-18(21-16)22-17(23)19(13-20)10-4-3-5-11-19/h6-9,12H,2-5,10-11H2,1H3,(H,21,22,23). The monoisotopic (exact) mass is 339 g/mol. The molecular weight excluding hydrogens is 318 g/mol. The van der Waals surface area contributed by atoms with Gasteiger partial charge in [-0.1, -0.05) is 50.5 Å². The van der Waals surface area contributed by atoms with Crippen molar-refractivity contribution in [2.75, 3.05) is 5.32 Å². The number of nitriles is 1. The number of carbonyl (C=O) groups is 1. The van der Waals surface area contributed by atoms with Crippen LogP contribution in [0.5, 0.6) is 0 Å². The molecule has 5 heteroatoms. The number of rotatable bonds is 4. The van der Waals surface area contributed by atoms with Crippen molar-refractivity contribution in [1.82, 2.24) is 4.98 Å². The summed E-state index contributed by atoms with van der Waals surface area (Å²) in [5.41, 5.74) is 2.30. The van der Waals surface area contributed by atoms with Crippen LogP contribution in [-0.4, -0.2) is 10.9 Å². The normalized spacial score (nSPS) is 16.3. The topological polar surface area (TPSA) is 65.8 Å². The van der Waals surface area contributed by atoms with Crippen molar-refractivity contribution in [3.8, 4) is 17.3 Å². The summed E-state index contributed by atoms with van der Waals surface area (Å²) in [6, 6.07) is 10.6. The SMILES string of the molecule is CCc1ccc(-c2csc(NC(=O)C3(C#N)CCCCC3)n2)cc1. The van der Waals surface area contributed by atoms with Gasteiger partial charge in [-0.05, 0) is 24.8 Å². The summed E-state index contributed by atoms with van der Waals surface area (Å²) in [6.07, 6.45) is 5.28. The molecule has 1 heterocycles. The zero-order valence-electron chi connectivity index (χ0n) is 13.8. The van der Waals surface area contributed by atoms with Crippen molar-refractivity contribution in [1.29, 1.82) is 5.26 Å². The number of anilines is 1. The molecule has 0 bridgehead atoms. The zero-order valence-corrected chi connectivity index (χ0v) is 14.7.